The van der Waals surface area contributed by atoms with Crippen molar-refractivity contribution in [3.05, 3.63) is 77.0 Å². The summed E-state index contributed by atoms with van der Waals surface area (Å²) < 4.78 is 16.1. The molecule has 1 N–H and O–H groups in total. The van der Waals surface area contributed by atoms with Gasteiger partial charge in [-0.15, -0.1) is 0 Å². The Kier molecular flexibility index (Phi) is 7.08. The first-order valence-electron chi connectivity index (χ1n) is 9.69. The summed E-state index contributed by atoms with van der Waals surface area (Å²) in [6, 6.07) is 16.3. The van der Waals surface area contributed by atoms with Crippen molar-refractivity contribution in [1.82, 2.24) is 10.2 Å². The van der Waals surface area contributed by atoms with Crippen molar-refractivity contribution in [1.29, 1.82) is 0 Å². The van der Waals surface area contributed by atoms with Crippen molar-refractivity contribution in [2.24, 2.45) is 0 Å². The lowest BCUT2D eigenvalue weighted by atomic mass is 9.95. The van der Waals surface area contributed by atoms with E-state index in [1.54, 1.807) is 14.0 Å². The van der Waals surface area contributed by atoms with Gasteiger partial charge < -0.3 is 24.4 Å². The number of rotatable bonds is 8. The minimum atomic E-state index is -0.605. The highest BCUT2D eigenvalue weighted by Crippen LogP contribution is 2.31. The Morgan fingerprint density at radius 2 is 1.77 bits per heavy atom. The number of nitrogens with zero attached hydrogens (tertiary/aromatic N) is 1. The maximum Gasteiger partial charge on any atom is 0.338 e. The molecule has 2 aromatic rings. The third-order valence-corrected chi connectivity index (χ3v) is 4.96. The van der Waals surface area contributed by atoms with Gasteiger partial charge in [-0.1, -0.05) is 42.5 Å². The van der Waals surface area contributed by atoms with Crippen LogP contribution in [0, 0.1) is 0 Å². The first kappa shape index (κ1) is 21.4. The maximum atomic E-state index is 12.7. The first-order chi connectivity index (χ1) is 14.5. The maximum absolute atomic E-state index is 12.7. The lowest BCUT2D eigenvalue weighted by molar-refractivity contribution is -0.140. The highest BCUT2D eigenvalue weighted by Gasteiger charge is 2.35. The quantitative estimate of drug-likeness (QED) is 0.533. The van der Waals surface area contributed by atoms with Gasteiger partial charge in [-0.05, 0) is 30.2 Å². The molecular formula is C23H26N2O5. The number of carbonyl (C=O) groups excluding carboxylic acids is 2. The largest absolute Gasteiger partial charge is 0.489 e. The summed E-state index contributed by atoms with van der Waals surface area (Å²) >= 11 is 0. The molecule has 7 heteroatoms. The average molecular weight is 410 g/mol. The molecule has 1 aliphatic rings. The SMILES string of the molecule is COCCOC(=O)C1=C(C)N(C)C(=O)N[C@@H]1c1ccc(OCc2ccccc2)cc1. The standard InChI is InChI=1S/C23H26N2O5/c1-16-20(22(26)29-14-13-28-3)21(24-23(27)25(16)2)18-9-11-19(12-10-18)30-15-17-7-5-4-6-8-17/h4-12,21H,13-15H2,1-3H3,(H,24,27)/t21-/m1/s1. The van der Waals surface area contributed by atoms with E-state index in [0.717, 1.165) is 11.1 Å². The predicted octanol–water partition coefficient (Wildman–Crippen LogP) is 3.43. The van der Waals surface area contributed by atoms with E-state index >= 15 is 0 Å². The van der Waals surface area contributed by atoms with Gasteiger partial charge in [0.2, 0.25) is 0 Å². The highest BCUT2D eigenvalue weighted by molar-refractivity contribution is 5.95. The molecule has 2 amide bonds. The fourth-order valence-electron chi connectivity index (χ4n) is 3.14. The van der Waals surface area contributed by atoms with Crippen molar-refractivity contribution < 1.29 is 23.8 Å². The lowest BCUT2D eigenvalue weighted by Crippen LogP contribution is -2.46. The van der Waals surface area contributed by atoms with E-state index in [1.165, 1.54) is 12.0 Å². The predicted molar refractivity (Wildman–Crippen MR) is 112 cm³/mol. The van der Waals surface area contributed by atoms with Crippen LogP contribution in [-0.2, 0) is 20.9 Å². The molecule has 0 radical (unpaired) electrons. The molecule has 0 bridgehead atoms. The van der Waals surface area contributed by atoms with Crippen LogP contribution in [0.3, 0.4) is 0 Å². The van der Waals surface area contributed by atoms with Crippen LogP contribution in [0.5, 0.6) is 5.75 Å². The fraction of sp³-hybridized carbons (Fsp3) is 0.304. The first-order valence-corrected chi connectivity index (χ1v) is 9.69. The molecule has 7 nitrogen and oxygen atoms in total. The fourth-order valence-corrected chi connectivity index (χ4v) is 3.14. The number of urea groups is 1. The summed E-state index contributed by atoms with van der Waals surface area (Å²) in [6.07, 6.45) is 0. The van der Waals surface area contributed by atoms with Crippen molar-refractivity contribution in [3.8, 4) is 5.75 Å². The smallest absolute Gasteiger partial charge is 0.338 e. The minimum absolute atomic E-state index is 0.142. The second kappa shape index (κ2) is 9.93. The number of methoxy groups -OCH3 is 1. The Balaban J connectivity index is 1.77. The van der Waals surface area contributed by atoms with Gasteiger partial charge in [0.1, 0.15) is 19.0 Å². The van der Waals surface area contributed by atoms with Crippen LogP contribution in [0.25, 0.3) is 0 Å². The minimum Gasteiger partial charge on any atom is -0.489 e. The van der Waals surface area contributed by atoms with Gasteiger partial charge in [0.05, 0.1) is 18.2 Å². The number of hydrogen-bond acceptors (Lipinski definition) is 5. The van der Waals surface area contributed by atoms with Crippen molar-refractivity contribution in [2.75, 3.05) is 27.4 Å². The number of hydrogen-bond donors (Lipinski definition) is 1. The number of ether oxygens (including phenoxy) is 3. The van der Waals surface area contributed by atoms with E-state index in [0.29, 0.717) is 30.2 Å². The average Bonchev–Trinajstić information content (AvgIpc) is 2.77. The van der Waals surface area contributed by atoms with Crippen LogP contribution in [0.15, 0.2) is 65.9 Å². The Hall–Kier alpha value is -3.32. The summed E-state index contributed by atoms with van der Waals surface area (Å²) in [4.78, 5) is 26.4. The molecule has 0 fully saturated rings. The number of esters is 1. The number of nitrogens with one attached hydrogen (secondary N) is 1. The highest BCUT2D eigenvalue weighted by atomic mass is 16.6. The van der Waals surface area contributed by atoms with E-state index in [4.69, 9.17) is 14.2 Å². The van der Waals surface area contributed by atoms with Crippen molar-refractivity contribution >= 4 is 12.0 Å². The van der Waals surface area contributed by atoms with Gasteiger partial charge in [-0.3, -0.25) is 0 Å². The van der Waals surface area contributed by atoms with Crippen LogP contribution in [-0.4, -0.2) is 44.3 Å². The molecule has 0 aliphatic carbocycles. The molecule has 0 saturated carbocycles. The summed E-state index contributed by atoms with van der Waals surface area (Å²) in [6.45, 7) is 2.64. The molecule has 3 rings (SSSR count). The Morgan fingerprint density at radius 3 is 2.43 bits per heavy atom. The molecule has 1 atom stereocenters. The topological polar surface area (TPSA) is 77.1 Å². The third kappa shape index (κ3) is 4.99. The van der Waals surface area contributed by atoms with Gasteiger partial charge in [0.15, 0.2) is 0 Å². The van der Waals surface area contributed by atoms with Crippen molar-refractivity contribution in [3.63, 3.8) is 0 Å². The van der Waals surface area contributed by atoms with Crippen LogP contribution >= 0.6 is 0 Å². The Bertz CT molecular complexity index is 909. The summed E-state index contributed by atoms with van der Waals surface area (Å²) in [5.41, 5.74) is 2.78. The van der Waals surface area contributed by atoms with Crippen LogP contribution < -0.4 is 10.1 Å². The normalized spacial score (nSPS) is 16.3. The number of amides is 2. The summed E-state index contributed by atoms with van der Waals surface area (Å²) in [5.74, 6) is 0.220. The Labute approximate surface area is 176 Å². The van der Waals surface area contributed by atoms with E-state index in [9.17, 15) is 9.59 Å². The zero-order valence-electron chi connectivity index (χ0n) is 17.4. The van der Waals surface area contributed by atoms with E-state index in [-0.39, 0.29) is 12.6 Å². The molecule has 0 saturated heterocycles. The second-order valence-electron chi connectivity index (χ2n) is 6.91. The van der Waals surface area contributed by atoms with E-state index in [2.05, 4.69) is 5.32 Å². The van der Waals surface area contributed by atoms with Crippen LogP contribution in [0.4, 0.5) is 4.79 Å². The lowest BCUT2D eigenvalue weighted by Gasteiger charge is -2.33. The molecule has 0 spiro atoms. The van der Waals surface area contributed by atoms with E-state index < -0.39 is 12.0 Å². The van der Waals surface area contributed by atoms with Gasteiger partial charge in [-0.25, -0.2) is 9.59 Å². The summed E-state index contributed by atoms with van der Waals surface area (Å²) in [7, 11) is 3.15. The third-order valence-electron chi connectivity index (χ3n) is 4.96. The second-order valence-corrected chi connectivity index (χ2v) is 6.91. The molecule has 0 aromatic heterocycles. The monoisotopic (exact) mass is 410 g/mol. The molecule has 30 heavy (non-hydrogen) atoms. The van der Waals surface area contributed by atoms with Gasteiger partial charge in [-0.2, -0.15) is 0 Å². The Morgan fingerprint density at radius 1 is 1.07 bits per heavy atom. The molecule has 1 heterocycles. The van der Waals surface area contributed by atoms with Gasteiger partial charge in [0.25, 0.3) is 0 Å². The molecule has 0 unspecified atom stereocenters. The van der Waals surface area contributed by atoms with Gasteiger partial charge in [0, 0.05) is 19.9 Å². The zero-order chi connectivity index (χ0) is 21.5. The summed E-state index contributed by atoms with van der Waals surface area (Å²) in [5, 5.41) is 2.87. The van der Waals surface area contributed by atoms with Crippen LogP contribution in [0.1, 0.15) is 24.1 Å². The van der Waals surface area contributed by atoms with Crippen LogP contribution in [0.2, 0.25) is 0 Å². The number of carbonyl (C=O) groups is 2. The number of benzene rings is 2. The molecule has 158 valence electrons. The zero-order valence-corrected chi connectivity index (χ0v) is 17.4. The molecular weight excluding hydrogens is 384 g/mol. The molecule has 1 aliphatic heterocycles. The van der Waals surface area contributed by atoms with Crippen molar-refractivity contribution in [2.45, 2.75) is 19.6 Å². The van der Waals surface area contributed by atoms with E-state index in [1.807, 2.05) is 54.6 Å². The number of allylic oxidation sites excluding steroid dienone is 1. The van der Waals surface area contributed by atoms with Gasteiger partial charge >= 0.3 is 12.0 Å². The molecule has 2 aromatic carbocycles.